The molecule has 0 aromatic heterocycles. The molecule has 0 saturated carbocycles. The normalized spacial score (nSPS) is 25.2. The highest BCUT2D eigenvalue weighted by Crippen LogP contribution is 2.07. The Morgan fingerprint density at radius 3 is 1.71 bits per heavy atom. The number of hydrogen-bond donors (Lipinski definition) is 19. The van der Waals surface area contributed by atoms with Crippen LogP contribution in [0.2, 0.25) is 0 Å². The van der Waals surface area contributed by atoms with Gasteiger partial charge in [-0.2, -0.15) is 0 Å². The van der Waals surface area contributed by atoms with Crippen LogP contribution in [0.1, 0.15) is 65.2 Å². The fraction of sp³-hybridized carbons (Fsp3) is 0.763. The molecule has 0 aromatic carbocycles. The van der Waals surface area contributed by atoms with Gasteiger partial charge in [0.1, 0.15) is 42.5 Å². The van der Waals surface area contributed by atoms with Crippen molar-refractivity contribution in [2.75, 3.05) is 52.4 Å². The largest absolute Gasteiger partial charge is 0.394 e. The van der Waals surface area contributed by atoms with Crippen LogP contribution in [0.25, 0.3) is 0 Å². The van der Waals surface area contributed by atoms with Gasteiger partial charge in [0.2, 0.25) is 53.2 Å². The molecular formula is C38H74N16O12. The summed E-state index contributed by atoms with van der Waals surface area (Å²) in [7, 11) is 0. The van der Waals surface area contributed by atoms with Crippen LogP contribution in [0.4, 0.5) is 0 Å². The summed E-state index contributed by atoms with van der Waals surface area (Å²) in [5.74, 6) is -7.84. The van der Waals surface area contributed by atoms with Crippen LogP contribution < -0.4 is 87.6 Å². The van der Waals surface area contributed by atoms with Crippen LogP contribution in [-0.4, -0.2) is 188 Å². The maximum atomic E-state index is 13.8. The van der Waals surface area contributed by atoms with Gasteiger partial charge in [-0.3, -0.25) is 48.5 Å². The molecule has 0 aromatic rings. The number of carbonyl (C=O) groups excluding carboxylic acids is 9. The topological polar surface area (TPSA) is 491 Å². The molecule has 0 bridgehead atoms. The average Bonchev–Trinajstić information content (AvgIpc) is 3.27. The number of nitrogens with two attached hydrogens (primary N) is 6. The zero-order valence-corrected chi connectivity index (χ0v) is 37.6. The third-order valence-electron chi connectivity index (χ3n) is 10.2. The summed E-state index contributed by atoms with van der Waals surface area (Å²) in [6.45, 7) is 0.629. The third kappa shape index (κ3) is 20.6. The van der Waals surface area contributed by atoms with E-state index in [-0.39, 0.29) is 84.2 Å². The van der Waals surface area contributed by atoms with E-state index in [0.29, 0.717) is 6.42 Å². The molecule has 1 fully saturated rings. The molecule has 0 spiro atoms. The highest BCUT2D eigenvalue weighted by Gasteiger charge is 2.35. The predicted molar refractivity (Wildman–Crippen MR) is 237 cm³/mol. The molecule has 25 N–H and O–H groups in total. The molecule has 1 aliphatic rings. The van der Waals surface area contributed by atoms with Crippen molar-refractivity contribution < 1.29 is 58.5 Å². The van der Waals surface area contributed by atoms with Gasteiger partial charge in [-0.15, -0.1) is 0 Å². The van der Waals surface area contributed by atoms with Gasteiger partial charge in [0.15, 0.2) is 0 Å². The van der Waals surface area contributed by atoms with Gasteiger partial charge in [0.25, 0.3) is 0 Å². The van der Waals surface area contributed by atoms with E-state index >= 15 is 0 Å². The summed E-state index contributed by atoms with van der Waals surface area (Å²) >= 11 is 0. The molecule has 378 valence electrons. The van der Waals surface area contributed by atoms with E-state index in [4.69, 9.17) is 34.4 Å². The highest BCUT2D eigenvalue weighted by molar-refractivity contribution is 5.96. The van der Waals surface area contributed by atoms with Crippen molar-refractivity contribution in [2.24, 2.45) is 34.4 Å². The number of amides is 9. The number of aliphatic hydroxyl groups is 3. The molecule has 1 unspecified atom stereocenters. The Bertz CT molecular complexity index is 1600. The molecule has 1 heterocycles. The molecule has 1 saturated heterocycles. The summed E-state index contributed by atoms with van der Waals surface area (Å²) in [5.41, 5.74) is 34.2. The molecule has 9 amide bonds. The second kappa shape index (κ2) is 31.7. The highest BCUT2D eigenvalue weighted by atomic mass is 16.3. The van der Waals surface area contributed by atoms with E-state index in [1.54, 1.807) is 6.92 Å². The first-order chi connectivity index (χ1) is 31.3. The third-order valence-corrected chi connectivity index (χ3v) is 10.2. The summed E-state index contributed by atoms with van der Waals surface area (Å²) < 4.78 is 0. The van der Waals surface area contributed by atoms with Crippen molar-refractivity contribution in [1.82, 2.24) is 53.2 Å². The Morgan fingerprint density at radius 2 is 1.20 bits per heavy atom. The Hall–Kier alpha value is -5.17. The number of hydrogen-bond acceptors (Lipinski definition) is 19. The SMILES string of the molecule is CCC[C@@H]1NC(=O)CNC(=O)[C@H](CCN)NC(O)[C@@H](NC(=O)[C@H](CCN)NC(=O)[C@H](CO)NC(=O)[C@@H](N)CCN)CCNC(=O)[C@H]([C@@H](C)O)NC(=O)[C@H](CCN)NC(=O)[C@H](CCN)NC1=O. The molecule has 1 rings (SSSR count). The number of rotatable bonds is 20. The lowest BCUT2D eigenvalue weighted by Crippen LogP contribution is -2.61. The quantitative estimate of drug-likeness (QED) is 0.0539. The van der Waals surface area contributed by atoms with Gasteiger partial charge < -0.3 is 97.6 Å². The van der Waals surface area contributed by atoms with E-state index in [2.05, 4.69) is 53.2 Å². The van der Waals surface area contributed by atoms with E-state index in [1.807, 2.05) is 0 Å². The van der Waals surface area contributed by atoms with Gasteiger partial charge >= 0.3 is 0 Å². The number of nitrogens with one attached hydrogen (secondary N) is 10. The molecule has 28 nitrogen and oxygen atoms in total. The van der Waals surface area contributed by atoms with Crippen molar-refractivity contribution in [3.05, 3.63) is 0 Å². The first-order valence-corrected chi connectivity index (χ1v) is 22.0. The lowest BCUT2D eigenvalue weighted by molar-refractivity contribution is -0.135. The van der Waals surface area contributed by atoms with E-state index in [0.717, 1.165) is 0 Å². The lowest BCUT2D eigenvalue weighted by atomic mass is 10.1. The van der Waals surface area contributed by atoms with Crippen LogP contribution in [0.15, 0.2) is 0 Å². The first kappa shape index (κ1) is 58.8. The Morgan fingerprint density at radius 1 is 0.667 bits per heavy atom. The Labute approximate surface area is 383 Å². The second-order valence-electron chi connectivity index (χ2n) is 15.6. The minimum Gasteiger partial charge on any atom is -0.394 e. The van der Waals surface area contributed by atoms with E-state index in [9.17, 15) is 58.5 Å². The molecule has 11 atom stereocenters. The van der Waals surface area contributed by atoms with Gasteiger partial charge in [0, 0.05) is 6.54 Å². The predicted octanol–water partition coefficient (Wildman–Crippen LogP) is -10.5. The van der Waals surface area contributed by atoms with E-state index < -0.39 is 133 Å². The van der Waals surface area contributed by atoms with Crippen molar-refractivity contribution in [1.29, 1.82) is 0 Å². The summed E-state index contributed by atoms with van der Waals surface area (Å²) in [6, 6.07) is -12.3. The van der Waals surface area contributed by atoms with Crippen LogP contribution in [0.3, 0.4) is 0 Å². The standard InChI is InChI=1S/C38H74N16O12/c1-3-4-21-32(60)49-23(7-13-41)33(61)50-25(9-15-43)36(64)54-29(19(2)56)38(66)45-16-10-26(35(63)48-22(6-12-40)31(59)46-17-28(57)47-21)52-34(62)24(8-14-42)51-37(65)27(18-55)53-30(58)20(44)5-11-39/h19-27,29,35,48,55-56,63H,3-18,39-44H2,1-2H3,(H,45,66)(H,46,59)(H,47,57)(H,49,60)(H,50,61)(H,51,65)(H,52,62)(H,53,58)(H,54,64)/t19-,20+,21+,22+,23+,24+,25+,26+,27+,29+,35?/m1/s1. The smallest absolute Gasteiger partial charge is 0.245 e. The maximum absolute atomic E-state index is 13.8. The second-order valence-corrected chi connectivity index (χ2v) is 15.6. The van der Waals surface area contributed by atoms with Crippen LogP contribution in [-0.2, 0) is 43.2 Å². The van der Waals surface area contributed by atoms with Crippen molar-refractivity contribution in [2.45, 2.75) is 132 Å². The minimum absolute atomic E-state index is 0.0648. The van der Waals surface area contributed by atoms with Gasteiger partial charge in [-0.25, -0.2) is 0 Å². The summed E-state index contributed by atoms with van der Waals surface area (Å²) in [6.07, 6.45) is -3.62. The first-order valence-electron chi connectivity index (χ1n) is 22.0. The fourth-order valence-electron chi connectivity index (χ4n) is 6.49. The average molecular weight is 947 g/mol. The monoisotopic (exact) mass is 947 g/mol. The Balaban J connectivity index is 3.65. The maximum Gasteiger partial charge on any atom is 0.245 e. The van der Waals surface area contributed by atoms with E-state index in [1.165, 1.54) is 6.92 Å². The van der Waals surface area contributed by atoms with Crippen LogP contribution in [0.5, 0.6) is 0 Å². The number of aliphatic hydroxyl groups excluding tert-OH is 3. The van der Waals surface area contributed by atoms with Crippen molar-refractivity contribution >= 4 is 53.2 Å². The minimum atomic E-state index is -1.82. The zero-order chi connectivity index (χ0) is 49.9. The molecular weight excluding hydrogens is 873 g/mol. The molecule has 66 heavy (non-hydrogen) atoms. The number of carbonyl (C=O) groups is 9. The van der Waals surface area contributed by atoms with Gasteiger partial charge in [-0.05, 0) is 84.6 Å². The van der Waals surface area contributed by atoms with Crippen LogP contribution >= 0.6 is 0 Å². The van der Waals surface area contributed by atoms with Crippen LogP contribution in [0, 0.1) is 0 Å². The molecule has 1 aliphatic heterocycles. The molecule has 0 aliphatic carbocycles. The molecule has 0 radical (unpaired) electrons. The van der Waals surface area contributed by atoms with Crippen molar-refractivity contribution in [3.8, 4) is 0 Å². The molecule has 28 heteroatoms. The van der Waals surface area contributed by atoms with Gasteiger partial charge in [0.05, 0.1) is 37.4 Å². The van der Waals surface area contributed by atoms with Gasteiger partial charge in [-0.1, -0.05) is 13.3 Å². The zero-order valence-electron chi connectivity index (χ0n) is 37.6. The summed E-state index contributed by atoms with van der Waals surface area (Å²) in [4.78, 5) is 120. The van der Waals surface area contributed by atoms with Crippen molar-refractivity contribution in [3.63, 3.8) is 0 Å². The lowest BCUT2D eigenvalue weighted by Gasteiger charge is -2.31. The Kier molecular flexibility index (Phi) is 28.3. The summed E-state index contributed by atoms with van der Waals surface area (Å²) in [5, 5.41) is 56.7. The fourth-order valence-corrected chi connectivity index (χ4v) is 6.49.